The fraction of sp³-hybridized carbons (Fsp3) is 0.294. The zero-order valence-electron chi connectivity index (χ0n) is 12.0. The summed E-state index contributed by atoms with van der Waals surface area (Å²) in [6, 6.07) is 14.1. The first-order chi connectivity index (χ1) is 10.3. The van der Waals surface area contributed by atoms with E-state index in [0.29, 0.717) is 13.3 Å². The molecule has 2 aromatic carbocycles. The average molecular weight is 285 g/mol. The highest BCUT2D eigenvalue weighted by Gasteiger charge is 2.18. The van der Waals surface area contributed by atoms with Gasteiger partial charge < -0.3 is 19.9 Å². The molecule has 4 nitrogen and oxygen atoms in total. The summed E-state index contributed by atoms with van der Waals surface area (Å²) in [6.07, 6.45) is 0.833. The van der Waals surface area contributed by atoms with Gasteiger partial charge in [0.1, 0.15) is 5.75 Å². The standard InChI is InChI=1S/C17H19NO3/c1-19-15-5-3-2-4-13(15)8-14(10-18)12-6-7-16-17(9-12)21-11-20-16/h2-7,9,14H,8,10-11,18H2,1H3. The van der Waals surface area contributed by atoms with Crippen LogP contribution in [0.4, 0.5) is 0 Å². The third-order valence-corrected chi connectivity index (χ3v) is 3.81. The van der Waals surface area contributed by atoms with Gasteiger partial charge in [-0.1, -0.05) is 24.3 Å². The Kier molecular flexibility index (Phi) is 3.97. The van der Waals surface area contributed by atoms with Gasteiger partial charge in [0.2, 0.25) is 6.79 Å². The number of hydrogen-bond donors (Lipinski definition) is 1. The quantitative estimate of drug-likeness (QED) is 0.917. The second-order valence-corrected chi connectivity index (χ2v) is 5.06. The predicted molar refractivity (Wildman–Crippen MR) is 81.1 cm³/mol. The Labute approximate surface area is 124 Å². The summed E-state index contributed by atoms with van der Waals surface area (Å²) in [7, 11) is 1.69. The maximum Gasteiger partial charge on any atom is 0.231 e. The molecular formula is C17H19NO3. The molecule has 0 aromatic heterocycles. The van der Waals surface area contributed by atoms with E-state index in [9.17, 15) is 0 Å². The lowest BCUT2D eigenvalue weighted by Gasteiger charge is -2.17. The van der Waals surface area contributed by atoms with Crippen LogP contribution >= 0.6 is 0 Å². The van der Waals surface area contributed by atoms with Crippen molar-refractivity contribution in [1.29, 1.82) is 0 Å². The van der Waals surface area contributed by atoms with Crippen molar-refractivity contribution >= 4 is 0 Å². The molecule has 1 heterocycles. The first kappa shape index (κ1) is 13.8. The number of nitrogens with two attached hydrogens (primary N) is 1. The van der Waals surface area contributed by atoms with Crippen LogP contribution in [-0.4, -0.2) is 20.4 Å². The van der Waals surface area contributed by atoms with E-state index in [4.69, 9.17) is 19.9 Å². The van der Waals surface area contributed by atoms with Gasteiger partial charge in [0.15, 0.2) is 11.5 Å². The molecule has 21 heavy (non-hydrogen) atoms. The summed E-state index contributed by atoms with van der Waals surface area (Å²) >= 11 is 0. The molecule has 2 aromatic rings. The molecule has 1 unspecified atom stereocenters. The molecule has 0 saturated heterocycles. The average Bonchev–Trinajstić information content (AvgIpc) is 3.00. The van der Waals surface area contributed by atoms with Crippen molar-refractivity contribution in [2.45, 2.75) is 12.3 Å². The number of methoxy groups -OCH3 is 1. The summed E-state index contributed by atoms with van der Waals surface area (Å²) in [5.74, 6) is 2.71. The zero-order valence-corrected chi connectivity index (χ0v) is 12.0. The van der Waals surface area contributed by atoms with Crippen molar-refractivity contribution in [1.82, 2.24) is 0 Å². The number of fused-ring (bicyclic) bond motifs is 1. The maximum absolute atomic E-state index is 5.98. The fourth-order valence-corrected chi connectivity index (χ4v) is 2.64. The molecule has 4 heteroatoms. The van der Waals surface area contributed by atoms with Crippen molar-refractivity contribution in [2.75, 3.05) is 20.4 Å². The van der Waals surface area contributed by atoms with Gasteiger partial charge >= 0.3 is 0 Å². The Balaban J connectivity index is 1.85. The molecule has 1 aliphatic rings. The SMILES string of the molecule is COc1ccccc1CC(CN)c1ccc2c(c1)OCO2. The minimum atomic E-state index is 0.218. The van der Waals surface area contributed by atoms with E-state index in [-0.39, 0.29) is 5.92 Å². The lowest BCUT2D eigenvalue weighted by Crippen LogP contribution is -2.15. The molecule has 3 rings (SSSR count). The summed E-state index contributed by atoms with van der Waals surface area (Å²) in [4.78, 5) is 0. The molecule has 0 amide bonds. The Hall–Kier alpha value is -2.20. The summed E-state index contributed by atoms with van der Waals surface area (Å²) in [6.45, 7) is 0.857. The second kappa shape index (κ2) is 6.06. The van der Waals surface area contributed by atoms with Gasteiger partial charge in [-0.3, -0.25) is 0 Å². The van der Waals surface area contributed by atoms with E-state index < -0.39 is 0 Å². The van der Waals surface area contributed by atoms with Gasteiger partial charge in [0.25, 0.3) is 0 Å². The van der Waals surface area contributed by atoms with E-state index in [0.717, 1.165) is 34.8 Å². The van der Waals surface area contributed by atoms with Gasteiger partial charge in [0, 0.05) is 5.92 Å². The highest BCUT2D eigenvalue weighted by atomic mass is 16.7. The van der Waals surface area contributed by atoms with Gasteiger partial charge in [-0.25, -0.2) is 0 Å². The van der Waals surface area contributed by atoms with Crippen LogP contribution in [0.2, 0.25) is 0 Å². The molecule has 0 spiro atoms. The lowest BCUT2D eigenvalue weighted by atomic mass is 9.91. The molecule has 110 valence electrons. The number of para-hydroxylation sites is 1. The zero-order chi connectivity index (χ0) is 14.7. The molecule has 1 aliphatic heterocycles. The first-order valence-corrected chi connectivity index (χ1v) is 7.03. The van der Waals surface area contributed by atoms with Crippen LogP contribution in [-0.2, 0) is 6.42 Å². The van der Waals surface area contributed by atoms with Crippen LogP contribution in [0.25, 0.3) is 0 Å². The number of benzene rings is 2. The molecule has 0 radical (unpaired) electrons. The van der Waals surface area contributed by atoms with Crippen LogP contribution in [0.5, 0.6) is 17.2 Å². The van der Waals surface area contributed by atoms with Crippen molar-refractivity contribution in [3.8, 4) is 17.2 Å². The molecule has 2 N–H and O–H groups in total. The summed E-state index contributed by atoms with van der Waals surface area (Å²) in [5, 5.41) is 0. The largest absolute Gasteiger partial charge is 0.496 e. The third kappa shape index (κ3) is 2.81. The molecule has 0 bridgehead atoms. The fourth-order valence-electron chi connectivity index (χ4n) is 2.64. The first-order valence-electron chi connectivity index (χ1n) is 7.03. The third-order valence-electron chi connectivity index (χ3n) is 3.81. The van der Waals surface area contributed by atoms with Crippen molar-refractivity contribution in [3.63, 3.8) is 0 Å². The van der Waals surface area contributed by atoms with Crippen LogP contribution in [0.15, 0.2) is 42.5 Å². The molecule has 0 saturated carbocycles. The van der Waals surface area contributed by atoms with Crippen molar-refractivity contribution in [2.24, 2.45) is 5.73 Å². The van der Waals surface area contributed by atoms with Gasteiger partial charge in [0.05, 0.1) is 7.11 Å². The Morgan fingerprint density at radius 1 is 1.14 bits per heavy atom. The number of ether oxygens (including phenoxy) is 3. The number of hydrogen-bond acceptors (Lipinski definition) is 4. The van der Waals surface area contributed by atoms with E-state index in [1.54, 1.807) is 7.11 Å². The smallest absolute Gasteiger partial charge is 0.231 e. The Bertz CT molecular complexity index is 627. The summed E-state index contributed by atoms with van der Waals surface area (Å²) < 4.78 is 16.2. The van der Waals surface area contributed by atoms with Crippen molar-refractivity contribution in [3.05, 3.63) is 53.6 Å². The van der Waals surface area contributed by atoms with E-state index in [2.05, 4.69) is 12.1 Å². The minimum Gasteiger partial charge on any atom is -0.496 e. The molecule has 0 fully saturated rings. The lowest BCUT2D eigenvalue weighted by molar-refractivity contribution is 0.174. The predicted octanol–water partition coefficient (Wildman–Crippen LogP) is 2.71. The second-order valence-electron chi connectivity index (χ2n) is 5.06. The highest BCUT2D eigenvalue weighted by molar-refractivity contribution is 5.46. The molecule has 0 aliphatic carbocycles. The van der Waals surface area contributed by atoms with E-state index >= 15 is 0 Å². The van der Waals surface area contributed by atoms with Crippen molar-refractivity contribution < 1.29 is 14.2 Å². The molecular weight excluding hydrogens is 266 g/mol. The van der Waals surface area contributed by atoms with Crippen LogP contribution in [0.3, 0.4) is 0 Å². The Morgan fingerprint density at radius 3 is 2.76 bits per heavy atom. The van der Waals surface area contributed by atoms with E-state index in [1.165, 1.54) is 0 Å². The van der Waals surface area contributed by atoms with Crippen LogP contribution < -0.4 is 19.9 Å². The Morgan fingerprint density at radius 2 is 1.95 bits per heavy atom. The molecule has 1 atom stereocenters. The van der Waals surface area contributed by atoms with Crippen LogP contribution in [0, 0.1) is 0 Å². The monoisotopic (exact) mass is 285 g/mol. The summed E-state index contributed by atoms with van der Waals surface area (Å²) in [5.41, 5.74) is 8.30. The maximum atomic E-state index is 5.98. The van der Waals surface area contributed by atoms with Gasteiger partial charge in [-0.2, -0.15) is 0 Å². The van der Waals surface area contributed by atoms with Crippen LogP contribution in [0.1, 0.15) is 17.0 Å². The highest BCUT2D eigenvalue weighted by Crippen LogP contribution is 2.35. The number of rotatable bonds is 5. The normalized spacial score (nSPS) is 14.0. The van der Waals surface area contributed by atoms with E-state index in [1.807, 2.05) is 30.3 Å². The minimum absolute atomic E-state index is 0.218. The van der Waals surface area contributed by atoms with Gasteiger partial charge in [-0.05, 0) is 42.3 Å². The topological polar surface area (TPSA) is 53.7 Å². The van der Waals surface area contributed by atoms with Gasteiger partial charge in [-0.15, -0.1) is 0 Å².